The number of nitrogens with one attached hydrogen (secondary N) is 1. The molecule has 34 heavy (non-hydrogen) atoms. The van der Waals surface area contributed by atoms with Crippen LogP contribution >= 0.6 is 23.2 Å². The molecule has 0 bridgehead atoms. The molecule has 1 fully saturated rings. The number of amides is 4. The van der Waals surface area contributed by atoms with E-state index < -0.39 is 6.04 Å². The van der Waals surface area contributed by atoms with Gasteiger partial charge in [-0.25, -0.2) is 0 Å². The van der Waals surface area contributed by atoms with Crippen molar-refractivity contribution in [3.8, 4) is 0 Å². The van der Waals surface area contributed by atoms with E-state index in [1.807, 2.05) is 26.0 Å². The Labute approximate surface area is 210 Å². The van der Waals surface area contributed by atoms with E-state index in [1.54, 1.807) is 18.2 Å². The third-order valence-corrected chi connectivity index (χ3v) is 7.18. The van der Waals surface area contributed by atoms with Crippen LogP contribution in [0.1, 0.15) is 51.5 Å². The lowest BCUT2D eigenvalue weighted by Gasteiger charge is -2.31. The highest BCUT2D eigenvalue weighted by atomic mass is 35.5. The van der Waals surface area contributed by atoms with Gasteiger partial charge >= 0.3 is 0 Å². The predicted octanol–water partition coefficient (Wildman–Crippen LogP) is 3.97. The van der Waals surface area contributed by atoms with Crippen LogP contribution in [0.15, 0.2) is 30.4 Å². The Morgan fingerprint density at radius 1 is 1.09 bits per heavy atom. The smallest absolute Gasteiger partial charge is 0.242 e. The fourth-order valence-electron chi connectivity index (χ4n) is 4.58. The van der Waals surface area contributed by atoms with E-state index in [0.29, 0.717) is 41.4 Å². The summed E-state index contributed by atoms with van der Waals surface area (Å²) in [7, 11) is 0. The summed E-state index contributed by atoms with van der Waals surface area (Å²) >= 11 is 12.7. The molecule has 7 nitrogen and oxygen atoms in total. The number of allylic oxidation sites excluding steroid dienone is 2. The second-order valence-electron chi connectivity index (χ2n) is 8.67. The van der Waals surface area contributed by atoms with E-state index in [1.165, 1.54) is 9.80 Å². The second-order valence-corrected chi connectivity index (χ2v) is 9.49. The zero-order chi connectivity index (χ0) is 24.8. The number of benzene rings is 1. The summed E-state index contributed by atoms with van der Waals surface area (Å²) in [6.07, 6.45) is 6.03. The van der Waals surface area contributed by atoms with Gasteiger partial charge in [0, 0.05) is 41.7 Å². The van der Waals surface area contributed by atoms with Gasteiger partial charge in [-0.1, -0.05) is 55.3 Å². The molecule has 0 radical (unpaired) electrons. The lowest BCUT2D eigenvalue weighted by molar-refractivity contribution is -0.144. The number of fused-ring (bicyclic) bond motifs is 1. The van der Waals surface area contributed by atoms with Crippen molar-refractivity contribution >= 4 is 46.8 Å². The molecule has 1 aliphatic heterocycles. The molecular weight excluding hydrogens is 477 g/mol. The molecular formula is C25H31Cl2N3O4. The molecule has 3 rings (SSSR count). The average Bonchev–Trinajstić information content (AvgIpc) is 3.07. The summed E-state index contributed by atoms with van der Waals surface area (Å²) in [5.41, 5.74) is 0.548. The highest BCUT2D eigenvalue weighted by Gasteiger charge is 2.47. The standard InChI is InChI=1S/C25H31Cl2N3O4/c1-3-13-28-23(32)21(4-2)30(15-18-19(26)10-7-11-20(18)27)22(31)12-14-29-24(33)16-8-5-6-9-17(16)25(29)34/h5-7,10-11,16-17,21H,3-4,8-9,12-15H2,1-2H3,(H,28,32)/t16-,17+,21-/m0/s1. The molecule has 1 aliphatic carbocycles. The Morgan fingerprint density at radius 3 is 2.21 bits per heavy atom. The fraction of sp³-hybridized carbons (Fsp3) is 0.520. The maximum atomic E-state index is 13.4. The number of rotatable bonds is 10. The van der Waals surface area contributed by atoms with E-state index in [-0.39, 0.29) is 55.0 Å². The molecule has 1 aromatic carbocycles. The third kappa shape index (κ3) is 5.63. The van der Waals surface area contributed by atoms with Gasteiger partial charge in [0.2, 0.25) is 23.6 Å². The molecule has 0 aromatic heterocycles. The molecule has 1 aromatic rings. The number of halogens is 2. The van der Waals surface area contributed by atoms with Crippen molar-refractivity contribution in [1.29, 1.82) is 0 Å². The van der Waals surface area contributed by atoms with Gasteiger partial charge in [0.25, 0.3) is 0 Å². The monoisotopic (exact) mass is 507 g/mol. The Kier molecular flexibility index (Phi) is 9.14. The van der Waals surface area contributed by atoms with Crippen LogP contribution in [0.4, 0.5) is 0 Å². The largest absolute Gasteiger partial charge is 0.354 e. The van der Waals surface area contributed by atoms with Crippen LogP contribution in [0.2, 0.25) is 10.0 Å². The van der Waals surface area contributed by atoms with Crippen LogP contribution in [0.25, 0.3) is 0 Å². The minimum atomic E-state index is -0.733. The lowest BCUT2D eigenvalue weighted by atomic mass is 9.85. The highest BCUT2D eigenvalue weighted by molar-refractivity contribution is 6.36. The van der Waals surface area contributed by atoms with Crippen molar-refractivity contribution in [2.75, 3.05) is 13.1 Å². The number of imide groups is 1. The predicted molar refractivity (Wildman–Crippen MR) is 131 cm³/mol. The van der Waals surface area contributed by atoms with Gasteiger partial charge in [0.1, 0.15) is 6.04 Å². The first-order valence-electron chi connectivity index (χ1n) is 11.8. The maximum Gasteiger partial charge on any atom is 0.242 e. The zero-order valence-corrected chi connectivity index (χ0v) is 21.1. The number of nitrogens with zero attached hydrogens (tertiary/aromatic N) is 2. The SMILES string of the molecule is CCCNC(=O)[C@H](CC)N(Cc1c(Cl)cccc1Cl)C(=O)CCN1C(=O)[C@H]2CC=CC[C@H]2C1=O. The van der Waals surface area contributed by atoms with Gasteiger partial charge in [-0.2, -0.15) is 0 Å². The van der Waals surface area contributed by atoms with Crippen molar-refractivity contribution in [1.82, 2.24) is 15.1 Å². The van der Waals surface area contributed by atoms with E-state index in [0.717, 1.165) is 6.42 Å². The first kappa shape index (κ1) is 26.2. The van der Waals surface area contributed by atoms with Crippen LogP contribution < -0.4 is 5.32 Å². The molecule has 1 N–H and O–H groups in total. The number of carbonyl (C=O) groups is 4. The highest BCUT2D eigenvalue weighted by Crippen LogP contribution is 2.35. The van der Waals surface area contributed by atoms with Gasteiger partial charge in [-0.15, -0.1) is 0 Å². The topological polar surface area (TPSA) is 86.8 Å². The van der Waals surface area contributed by atoms with Crippen LogP contribution in [0.3, 0.4) is 0 Å². The first-order valence-corrected chi connectivity index (χ1v) is 12.6. The maximum absolute atomic E-state index is 13.4. The second kappa shape index (κ2) is 11.8. The van der Waals surface area contributed by atoms with E-state index in [2.05, 4.69) is 5.32 Å². The summed E-state index contributed by atoms with van der Waals surface area (Å²) in [4.78, 5) is 54.5. The summed E-state index contributed by atoms with van der Waals surface area (Å²) in [5.74, 6) is -1.72. The molecule has 2 aliphatic rings. The lowest BCUT2D eigenvalue weighted by Crippen LogP contribution is -2.50. The third-order valence-electron chi connectivity index (χ3n) is 6.47. The van der Waals surface area contributed by atoms with Crippen molar-refractivity contribution in [3.05, 3.63) is 46.0 Å². The van der Waals surface area contributed by atoms with Crippen molar-refractivity contribution < 1.29 is 19.2 Å². The van der Waals surface area contributed by atoms with Crippen LogP contribution in [0.5, 0.6) is 0 Å². The van der Waals surface area contributed by atoms with Gasteiger partial charge in [-0.3, -0.25) is 24.1 Å². The van der Waals surface area contributed by atoms with Crippen molar-refractivity contribution in [2.24, 2.45) is 11.8 Å². The number of carbonyl (C=O) groups excluding carboxylic acids is 4. The summed E-state index contributed by atoms with van der Waals surface area (Å²) in [6, 6.07) is 4.34. The average molecular weight is 508 g/mol. The summed E-state index contributed by atoms with van der Waals surface area (Å²) < 4.78 is 0. The Hall–Kier alpha value is -2.38. The molecule has 0 unspecified atom stereocenters. The van der Waals surface area contributed by atoms with Gasteiger partial charge in [-0.05, 0) is 37.8 Å². The van der Waals surface area contributed by atoms with Crippen LogP contribution in [-0.4, -0.2) is 52.6 Å². The van der Waals surface area contributed by atoms with Gasteiger partial charge < -0.3 is 10.2 Å². The molecule has 4 amide bonds. The van der Waals surface area contributed by atoms with E-state index in [4.69, 9.17) is 23.2 Å². The molecule has 0 saturated carbocycles. The first-order chi connectivity index (χ1) is 16.3. The Balaban J connectivity index is 1.79. The van der Waals surface area contributed by atoms with Crippen LogP contribution in [0, 0.1) is 11.8 Å². The molecule has 9 heteroatoms. The zero-order valence-electron chi connectivity index (χ0n) is 19.6. The molecule has 3 atom stereocenters. The Bertz CT molecular complexity index is 935. The molecule has 1 heterocycles. The number of likely N-dealkylation sites (tertiary alicyclic amines) is 1. The molecule has 1 saturated heterocycles. The minimum absolute atomic E-state index is 0.0106. The molecule has 184 valence electrons. The Morgan fingerprint density at radius 2 is 1.68 bits per heavy atom. The van der Waals surface area contributed by atoms with Crippen molar-refractivity contribution in [2.45, 2.75) is 58.5 Å². The number of hydrogen-bond donors (Lipinski definition) is 1. The fourth-order valence-corrected chi connectivity index (χ4v) is 5.10. The van der Waals surface area contributed by atoms with Gasteiger partial charge in [0.05, 0.1) is 11.8 Å². The minimum Gasteiger partial charge on any atom is -0.354 e. The quantitative estimate of drug-likeness (QED) is 0.383. The van der Waals surface area contributed by atoms with Gasteiger partial charge in [0.15, 0.2) is 0 Å². The number of hydrogen-bond acceptors (Lipinski definition) is 4. The van der Waals surface area contributed by atoms with E-state index in [9.17, 15) is 19.2 Å². The van der Waals surface area contributed by atoms with Crippen LogP contribution in [-0.2, 0) is 25.7 Å². The normalized spacial score (nSPS) is 20.3. The molecule has 0 spiro atoms. The summed E-state index contributed by atoms with van der Waals surface area (Å²) in [6.45, 7) is 4.31. The van der Waals surface area contributed by atoms with Crippen molar-refractivity contribution in [3.63, 3.8) is 0 Å². The summed E-state index contributed by atoms with van der Waals surface area (Å²) in [5, 5.41) is 3.65. The van der Waals surface area contributed by atoms with E-state index >= 15 is 0 Å².